The fourth-order valence-electron chi connectivity index (χ4n) is 1.05. The number of hydrogen-bond acceptors (Lipinski definition) is 1. The van der Waals surface area contributed by atoms with Gasteiger partial charge in [0.05, 0.1) is 0 Å². The van der Waals surface area contributed by atoms with Crippen molar-refractivity contribution in [1.82, 2.24) is 0 Å². The van der Waals surface area contributed by atoms with Gasteiger partial charge < -0.3 is 0 Å². The van der Waals surface area contributed by atoms with Crippen LogP contribution in [0.3, 0.4) is 0 Å². The Bertz CT molecular complexity index is 270. The van der Waals surface area contributed by atoms with E-state index in [-0.39, 0.29) is 0 Å². The Hall–Kier alpha value is -0.550. The summed E-state index contributed by atoms with van der Waals surface area (Å²) in [5.74, 6) is 0.346. The van der Waals surface area contributed by atoms with Gasteiger partial charge in [0.1, 0.15) is 0 Å². The maximum atomic E-state index is 9.12. The van der Waals surface area contributed by atoms with E-state index in [2.05, 4.69) is 26.7 Å². The van der Waals surface area contributed by atoms with Crippen molar-refractivity contribution in [3.05, 3.63) is 24.3 Å². The minimum absolute atomic E-state index is 0.346. The van der Waals surface area contributed by atoms with Gasteiger partial charge in [-0.15, -0.1) is 0 Å². The molecule has 0 fully saturated rings. The second-order valence-corrected chi connectivity index (χ2v) is 12.8. The molecule has 0 aliphatic rings. The molecule has 1 rings (SSSR count). The van der Waals surface area contributed by atoms with Crippen molar-refractivity contribution in [1.29, 1.82) is 0 Å². The molecule has 0 heterocycles. The van der Waals surface area contributed by atoms with Crippen molar-refractivity contribution in [2.75, 3.05) is 26.7 Å². The Kier molecular flexibility index (Phi) is 1.96. The second kappa shape index (κ2) is 2.47. The van der Waals surface area contributed by atoms with Gasteiger partial charge in [-0.3, -0.25) is 0 Å². The predicted molar refractivity (Wildman–Crippen MR) is 58.4 cm³/mol. The average Bonchev–Trinajstić information content (AvgIpc) is 1.84. The molecule has 0 aliphatic heterocycles. The molecule has 0 saturated heterocycles. The first kappa shape index (κ1) is 9.54. The normalized spacial score (nSPS) is 15.2. The Morgan fingerprint density at radius 3 is 1.67 bits per heavy atom. The van der Waals surface area contributed by atoms with E-state index in [0.29, 0.717) is 5.75 Å². The molecular weight excluding hydrogens is 167 g/mol. The van der Waals surface area contributed by atoms with Crippen LogP contribution >= 0.6 is 6.60 Å². The minimum atomic E-state index is -1.63. The molecule has 12 heavy (non-hydrogen) atoms. The van der Waals surface area contributed by atoms with Crippen LogP contribution in [0.2, 0.25) is 0 Å². The molecule has 1 aromatic carbocycles. The maximum absolute atomic E-state index is 9.12. The average molecular weight is 184 g/mol. The molecule has 0 unspecified atom stereocenters. The molecule has 2 heteroatoms. The number of aromatic hydroxyl groups is 1. The SMILES string of the molecule is CP(C)(C)(C)c1ccc(O)cc1. The van der Waals surface area contributed by atoms with E-state index < -0.39 is 6.60 Å². The van der Waals surface area contributed by atoms with Crippen molar-refractivity contribution < 1.29 is 5.11 Å². The van der Waals surface area contributed by atoms with Crippen LogP contribution in [0.25, 0.3) is 0 Å². The predicted octanol–water partition coefficient (Wildman–Crippen LogP) is 2.09. The van der Waals surface area contributed by atoms with E-state index in [1.54, 1.807) is 12.1 Å². The summed E-state index contributed by atoms with van der Waals surface area (Å²) in [5.41, 5.74) is 0. The third-order valence-electron chi connectivity index (χ3n) is 1.88. The fraction of sp³-hybridized carbons (Fsp3) is 0.400. The van der Waals surface area contributed by atoms with Crippen LogP contribution in [0.1, 0.15) is 0 Å². The molecule has 0 aliphatic carbocycles. The van der Waals surface area contributed by atoms with Crippen molar-refractivity contribution in [2.24, 2.45) is 0 Å². The van der Waals surface area contributed by atoms with Crippen molar-refractivity contribution in [2.45, 2.75) is 0 Å². The van der Waals surface area contributed by atoms with E-state index in [0.717, 1.165) is 0 Å². The van der Waals surface area contributed by atoms with Crippen LogP contribution in [-0.4, -0.2) is 31.8 Å². The van der Waals surface area contributed by atoms with E-state index in [1.165, 1.54) is 5.30 Å². The van der Waals surface area contributed by atoms with Crippen LogP contribution in [0.4, 0.5) is 0 Å². The zero-order valence-electron chi connectivity index (χ0n) is 8.20. The molecule has 1 aromatic rings. The Labute approximate surface area is 74.4 Å². The third-order valence-corrected chi connectivity index (χ3v) is 4.25. The summed E-state index contributed by atoms with van der Waals surface area (Å²) in [6, 6.07) is 7.56. The summed E-state index contributed by atoms with van der Waals surface area (Å²) < 4.78 is 0. The number of benzene rings is 1. The van der Waals surface area contributed by atoms with Crippen molar-refractivity contribution >= 4 is 11.9 Å². The molecule has 0 atom stereocenters. The van der Waals surface area contributed by atoms with Crippen molar-refractivity contribution in [3.8, 4) is 5.75 Å². The van der Waals surface area contributed by atoms with Crippen LogP contribution in [0.5, 0.6) is 5.75 Å². The monoisotopic (exact) mass is 184 g/mol. The molecule has 0 bridgehead atoms. The van der Waals surface area contributed by atoms with Crippen LogP contribution in [0.15, 0.2) is 24.3 Å². The topological polar surface area (TPSA) is 20.2 Å². The summed E-state index contributed by atoms with van der Waals surface area (Å²) in [4.78, 5) is 0. The molecule has 0 aromatic heterocycles. The van der Waals surface area contributed by atoms with Crippen LogP contribution in [0, 0.1) is 0 Å². The number of rotatable bonds is 1. The van der Waals surface area contributed by atoms with Gasteiger partial charge >= 0.3 is 73.7 Å². The van der Waals surface area contributed by atoms with Crippen molar-refractivity contribution in [3.63, 3.8) is 0 Å². The Morgan fingerprint density at radius 1 is 0.917 bits per heavy atom. The van der Waals surface area contributed by atoms with Gasteiger partial charge in [-0.05, 0) is 0 Å². The number of hydrogen-bond donors (Lipinski definition) is 1. The van der Waals surface area contributed by atoms with Gasteiger partial charge in [-0.1, -0.05) is 0 Å². The molecule has 0 amide bonds. The second-order valence-electron chi connectivity index (χ2n) is 5.09. The Morgan fingerprint density at radius 2 is 1.33 bits per heavy atom. The summed E-state index contributed by atoms with van der Waals surface area (Å²) >= 11 is 0. The standard InChI is InChI=1S/C10H17OP/c1-12(2,3,4)10-7-5-9(11)6-8-10/h5-8,11H,1-4H3. The fourth-order valence-corrected chi connectivity index (χ4v) is 2.39. The molecule has 0 saturated carbocycles. The van der Waals surface area contributed by atoms with Crippen LogP contribution < -0.4 is 5.30 Å². The number of phenolic OH excluding ortho intramolecular Hbond substituents is 1. The summed E-state index contributed by atoms with van der Waals surface area (Å²) in [7, 11) is 0. The number of phenols is 1. The van der Waals surface area contributed by atoms with E-state index in [1.807, 2.05) is 12.1 Å². The summed E-state index contributed by atoms with van der Waals surface area (Å²) in [6.07, 6.45) is 0. The third kappa shape index (κ3) is 2.22. The molecule has 1 nitrogen and oxygen atoms in total. The first-order valence-corrected chi connectivity index (χ1v) is 8.08. The van der Waals surface area contributed by atoms with E-state index in [9.17, 15) is 0 Å². The Balaban J connectivity index is 3.15. The quantitative estimate of drug-likeness (QED) is 0.662. The van der Waals surface area contributed by atoms with Gasteiger partial charge in [-0.25, -0.2) is 0 Å². The van der Waals surface area contributed by atoms with E-state index in [4.69, 9.17) is 5.11 Å². The van der Waals surface area contributed by atoms with Gasteiger partial charge in [0.2, 0.25) is 0 Å². The van der Waals surface area contributed by atoms with E-state index >= 15 is 0 Å². The van der Waals surface area contributed by atoms with Gasteiger partial charge in [0.15, 0.2) is 0 Å². The van der Waals surface area contributed by atoms with Gasteiger partial charge in [0, 0.05) is 0 Å². The summed E-state index contributed by atoms with van der Waals surface area (Å²) in [5, 5.41) is 10.5. The first-order valence-electron chi connectivity index (χ1n) is 4.06. The van der Waals surface area contributed by atoms with Crippen LogP contribution in [-0.2, 0) is 0 Å². The molecule has 0 spiro atoms. The first-order chi connectivity index (χ1) is 5.26. The molecular formula is C10H17OP. The zero-order chi connectivity index (χ0) is 9.43. The zero-order valence-corrected chi connectivity index (χ0v) is 9.10. The summed E-state index contributed by atoms with van der Waals surface area (Å²) in [6.45, 7) is 7.59. The molecule has 68 valence electrons. The van der Waals surface area contributed by atoms with Gasteiger partial charge in [-0.2, -0.15) is 0 Å². The van der Waals surface area contributed by atoms with Gasteiger partial charge in [0.25, 0.3) is 0 Å². The molecule has 1 N–H and O–H groups in total. The molecule has 0 radical (unpaired) electrons.